The first-order chi connectivity index (χ1) is 11.2. The Morgan fingerprint density at radius 3 is 2.38 bits per heavy atom. The number of hydrogen-bond acceptors (Lipinski definition) is 6. The van der Waals surface area contributed by atoms with Crippen molar-refractivity contribution in [1.29, 1.82) is 0 Å². The number of H-pyrrole nitrogens is 2. The molecule has 0 bridgehead atoms. The van der Waals surface area contributed by atoms with Gasteiger partial charge >= 0.3 is 21.7 Å². The lowest BCUT2D eigenvalue weighted by atomic mass is 10.2. The van der Waals surface area contributed by atoms with Crippen LogP contribution in [0.1, 0.15) is 5.56 Å². The minimum atomic E-state index is -5.20. The fourth-order valence-corrected chi connectivity index (χ4v) is 2.89. The van der Waals surface area contributed by atoms with Crippen LogP contribution in [0.15, 0.2) is 38.6 Å². The molecule has 126 valence electrons. The molecule has 0 atom stereocenters. The van der Waals surface area contributed by atoms with E-state index in [0.717, 1.165) is 4.57 Å². The molecular formula is C12H10N4O7S. The molecule has 0 saturated heterocycles. The van der Waals surface area contributed by atoms with Gasteiger partial charge in [0.1, 0.15) is 11.4 Å². The minimum Gasteiger partial charge on any atom is -0.508 e. The fraction of sp³-hybridized carbons (Fsp3) is 0.0833. The highest BCUT2D eigenvalue weighted by molar-refractivity contribution is 7.84. The number of benzene rings is 1. The van der Waals surface area contributed by atoms with E-state index in [1.54, 1.807) is 6.07 Å². The summed E-state index contributed by atoms with van der Waals surface area (Å²) in [4.78, 5) is 40.1. The van der Waals surface area contributed by atoms with Crippen LogP contribution in [-0.4, -0.2) is 36.6 Å². The SMILES string of the molecule is O=c1[nH]c2c(=O)n(S(=O)(=O)O)c(=O)n(Cc3ccccc3O)c2[nH]1. The maximum Gasteiger partial charge on any atom is 0.370 e. The van der Waals surface area contributed by atoms with E-state index in [0.29, 0.717) is 0 Å². The van der Waals surface area contributed by atoms with Crippen LogP contribution in [0.3, 0.4) is 0 Å². The van der Waals surface area contributed by atoms with Gasteiger partial charge in [0.2, 0.25) is 0 Å². The van der Waals surface area contributed by atoms with Gasteiger partial charge in [-0.25, -0.2) is 9.59 Å². The third-order valence-corrected chi connectivity index (χ3v) is 4.11. The van der Waals surface area contributed by atoms with Crippen LogP contribution in [-0.2, 0) is 16.8 Å². The van der Waals surface area contributed by atoms with Crippen LogP contribution >= 0.6 is 0 Å². The molecule has 0 spiro atoms. The Balaban J connectivity index is 2.43. The molecule has 12 heteroatoms. The zero-order chi connectivity index (χ0) is 17.6. The molecule has 0 fully saturated rings. The van der Waals surface area contributed by atoms with E-state index in [1.165, 1.54) is 18.2 Å². The fourth-order valence-electron chi connectivity index (χ4n) is 2.29. The summed E-state index contributed by atoms with van der Waals surface area (Å²) in [7, 11) is -5.20. The van der Waals surface area contributed by atoms with Gasteiger partial charge < -0.3 is 5.11 Å². The highest BCUT2D eigenvalue weighted by Crippen LogP contribution is 2.17. The molecule has 0 aliphatic rings. The number of hydrogen-bond donors (Lipinski definition) is 4. The molecule has 0 aliphatic heterocycles. The monoisotopic (exact) mass is 354 g/mol. The Morgan fingerprint density at radius 1 is 1.08 bits per heavy atom. The smallest absolute Gasteiger partial charge is 0.370 e. The van der Waals surface area contributed by atoms with Gasteiger partial charge in [0.05, 0.1) is 6.54 Å². The van der Waals surface area contributed by atoms with Gasteiger partial charge in [-0.1, -0.05) is 18.2 Å². The van der Waals surface area contributed by atoms with Gasteiger partial charge in [-0.05, 0) is 6.07 Å². The zero-order valence-corrected chi connectivity index (χ0v) is 12.6. The Kier molecular flexibility index (Phi) is 3.42. The van der Waals surface area contributed by atoms with Gasteiger partial charge in [0.25, 0.3) is 5.56 Å². The predicted octanol–water partition coefficient (Wildman–Crippen LogP) is -1.42. The molecule has 1 aromatic carbocycles. The number of aromatic amines is 2. The lowest BCUT2D eigenvalue weighted by Crippen LogP contribution is -2.43. The second-order valence-corrected chi connectivity index (χ2v) is 6.11. The standard InChI is InChI=1S/C12H10N4O7S/c17-7-4-2-1-3-6(7)5-15-9-8(13-11(19)14-9)10(18)16(12(15)20)24(21,22)23/h1-4,17H,5H2,(H2,13,14,19)(H,21,22,23). The molecule has 3 aromatic rings. The maximum absolute atomic E-state index is 12.3. The molecular weight excluding hydrogens is 344 g/mol. The number of phenolic OH excluding ortho intramolecular Hbond substituents is 1. The van der Waals surface area contributed by atoms with E-state index in [1.807, 2.05) is 0 Å². The summed E-state index contributed by atoms with van der Waals surface area (Å²) in [5.74, 6) is -0.181. The van der Waals surface area contributed by atoms with Gasteiger partial charge in [0.15, 0.2) is 5.52 Å². The Morgan fingerprint density at radius 2 is 1.75 bits per heavy atom. The number of nitrogens with zero attached hydrogens (tertiary/aromatic N) is 2. The summed E-state index contributed by atoms with van der Waals surface area (Å²) < 4.78 is 32.2. The molecule has 0 amide bonds. The molecule has 0 radical (unpaired) electrons. The van der Waals surface area contributed by atoms with Crippen LogP contribution < -0.4 is 16.9 Å². The Hall–Kier alpha value is -3.12. The number of imidazole rings is 1. The molecule has 3 rings (SSSR count). The topological polar surface area (TPSA) is 167 Å². The molecule has 4 N–H and O–H groups in total. The minimum absolute atomic E-state index is 0.181. The van der Waals surface area contributed by atoms with E-state index in [-0.39, 0.29) is 27.5 Å². The third-order valence-electron chi connectivity index (χ3n) is 3.33. The number of fused-ring (bicyclic) bond motifs is 1. The first kappa shape index (κ1) is 15.8. The molecule has 2 aromatic heterocycles. The predicted molar refractivity (Wildman–Crippen MR) is 81.6 cm³/mol. The molecule has 0 aliphatic carbocycles. The normalized spacial score (nSPS) is 11.9. The van der Waals surface area contributed by atoms with Crippen molar-refractivity contribution in [3.8, 4) is 5.75 Å². The van der Waals surface area contributed by atoms with Crippen LogP contribution in [0.2, 0.25) is 0 Å². The van der Waals surface area contributed by atoms with Crippen molar-refractivity contribution in [2.75, 3.05) is 0 Å². The van der Waals surface area contributed by atoms with Crippen LogP contribution in [0.5, 0.6) is 5.75 Å². The molecule has 0 unspecified atom stereocenters. The Labute approximate surface area is 132 Å². The number of para-hydroxylation sites is 1. The van der Waals surface area contributed by atoms with Crippen molar-refractivity contribution in [1.82, 2.24) is 18.5 Å². The number of rotatable bonds is 3. The second kappa shape index (κ2) is 5.21. The lowest BCUT2D eigenvalue weighted by Gasteiger charge is -2.10. The Bertz CT molecular complexity index is 1230. The average molecular weight is 354 g/mol. The maximum atomic E-state index is 12.3. The van der Waals surface area contributed by atoms with Gasteiger partial charge in [0, 0.05) is 5.56 Å². The number of nitrogens with one attached hydrogen (secondary N) is 2. The van der Waals surface area contributed by atoms with E-state index in [4.69, 9.17) is 4.55 Å². The van der Waals surface area contributed by atoms with E-state index >= 15 is 0 Å². The van der Waals surface area contributed by atoms with Crippen LogP contribution in [0.25, 0.3) is 11.2 Å². The summed E-state index contributed by atoms with van der Waals surface area (Å²) in [6, 6.07) is 5.90. The van der Waals surface area contributed by atoms with Crippen LogP contribution in [0, 0.1) is 0 Å². The zero-order valence-electron chi connectivity index (χ0n) is 11.8. The number of aromatic nitrogens is 4. The van der Waals surface area contributed by atoms with Gasteiger partial charge in [-0.2, -0.15) is 8.42 Å². The van der Waals surface area contributed by atoms with Crippen LogP contribution in [0.4, 0.5) is 0 Å². The van der Waals surface area contributed by atoms with Crippen molar-refractivity contribution in [3.05, 3.63) is 61.2 Å². The molecule has 0 saturated carbocycles. The largest absolute Gasteiger partial charge is 0.508 e. The summed E-state index contributed by atoms with van der Waals surface area (Å²) in [6.45, 7) is -0.356. The first-order valence-electron chi connectivity index (χ1n) is 6.43. The van der Waals surface area contributed by atoms with Crippen molar-refractivity contribution >= 4 is 21.5 Å². The first-order valence-corrected chi connectivity index (χ1v) is 7.82. The summed E-state index contributed by atoms with van der Waals surface area (Å²) >= 11 is 0. The number of phenols is 1. The molecule has 11 nitrogen and oxygen atoms in total. The molecule has 24 heavy (non-hydrogen) atoms. The average Bonchev–Trinajstić information content (AvgIpc) is 2.86. The van der Waals surface area contributed by atoms with E-state index < -0.39 is 32.8 Å². The van der Waals surface area contributed by atoms with E-state index in [2.05, 4.69) is 9.97 Å². The highest BCUT2D eigenvalue weighted by Gasteiger charge is 2.23. The van der Waals surface area contributed by atoms with Crippen molar-refractivity contribution < 1.29 is 18.1 Å². The van der Waals surface area contributed by atoms with Crippen molar-refractivity contribution in [3.63, 3.8) is 0 Å². The van der Waals surface area contributed by atoms with Crippen molar-refractivity contribution in [2.24, 2.45) is 0 Å². The summed E-state index contributed by atoms with van der Waals surface area (Å²) in [6.07, 6.45) is 0. The van der Waals surface area contributed by atoms with Gasteiger partial charge in [-0.15, -0.1) is 3.97 Å². The molecule has 2 heterocycles. The highest BCUT2D eigenvalue weighted by atomic mass is 32.2. The third kappa shape index (κ3) is 2.43. The quantitative estimate of drug-likeness (QED) is 0.419. The summed E-state index contributed by atoms with van der Waals surface area (Å²) in [5, 5.41) is 9.79. The lowest BCUT2D eigenvalue weighted by molar-refractivity contribution is 0.461. The summed E-state index contributed by atoms with van der Waals surface area (Å²) in [5.41, 5.74) is -4.19. The van der Waals surface area contributed by atoms with Gasteiger partial charge in [-0.3, -0.25) is 23.9 Å². The second-order valence-electron chi connectivity index (χ2n) is 4.85. The van der Waals surface area contributed by atoms with Crippen molar-refractivity contribution in [2.45, 2.75) is 6.54 Å². The number of aromatic hydroxyl groups is 1. The van der Waals surface area contributed by atoms with E-state index in [9.17, 15) is 27.9 Å².